The van der Waals surface area contributed by atoms with E-state index in [4.69, 9.17) is 4.74 Å². The summed E-state index contributed by atoms with van der Waals surface area (Å²) < 4.78 is 5.53. The summed E-state index contributed by atoms with van der Waals surface area (Å²) in [5, 5.41) is 6.16. The Balaban J connectivity index is 1.81. The number of rotatable bonds is 4. The zero-order valence-electron chi connectivity index (χ0n) is 11.0. The van der Waals surface area contributed by atoms with Gasteiger partial charge in [0.2, 0.25) is 0 Å². The van der Waals surface area contributed by atoms with E-state index in [1.165, 1.54) is 5.56 Å². The van der Waals surface area contributed by atoms with Crippen molar-refractivity contribution < 1.29 is 9.53 Å². The van der Waals surface area contributed by atoms with Crippen LogP contribution in [0.2, 0.25) is 0 Å². The third-order valence-electron chi connectivity index (χ3n) is 3.11. The number of hydrogen-bond donors (Lipinski definition) is 2. The van der Waals surface area contributed by atoms with Crippen molar-refractivity contribution in [2.24, 2.45) is 0 Å². The molecule has 0 spiro atoms. The van der Waals surface area contributed by atoms with Crippen LogP contribution < -0.4 is 15.4 Å². The topological polar surface area (TPSA) is 50.4 Å². The number of hydrogen-bond acceptors (Lipinski definition) is 3. The summed E-state index contributed by atoms with van der Waals surface area (Å²) in [7, 11) is 0. The summed E-state index contributed by atoms with van der Waals surface area (Å²) in [6, 6.07) is 6.20. The highest BCUT2D eigenvalue weighted by Crippen LogP contribution is 2.18. The van der Waals surface area contributed by atoms with Crippen molar-refractivity contribution in [1.82, 2.24) is 10.6 Å². The molecule has 1 unspecified atom stereocenters. The third kappa shape index (κ3) is 3.47. The van der Waals surface area contributed by atoms with Crippen molar-refractivity contribution >= 4 is 5.91 Å². The molecule has 1 aromatic carbocycles. The van der Waals surface area contributed by atoms with Gasteiger partial charge in [-0.3, -0.25) is 4.79 Å². The van der Waals surface area contributed by atoms with E-state index in [2.05, 4.69) is 10.6 Å². The number of aryl methyl sites for hydroxylation is 2. The number of benzene rings is 1. The summed E-state index contributed by atoms with van der Waals surface area (Å²) in [6.45, 7) is 5.94. The van der Waals surface area contributed by atoms with E-state index in [1.54, 1.807) is 0 Å². The van der Waals surface area contributed by atoms with Crippen molar-refractivity contribution in [2.45, 2.75) is 26.3 Å². The normalized spacial score (nSPS) is 18.7. The zero-order valence-corrected chi connectivity index (χ0v) is 11.0. The van der Waals surface area contributed by atoms with E-state index in [1.807, 2.05) is 32.0 Å². The third-order valence-corrected chi connectivity index (χ3v) is 3.11. The van der Waals surface area contributed by atoms with Gasteiger partial charge in [-0.05, 0) is 38.4 Å². The largest absolute Gasteiger partial charge is 0.484 e. The Bertz CT molecular complexity index is 426. The molecule has 98 valence electrons. The van der Waals surface area contributed by atoms with Gasteiger partial charge >= 0.3 is 0 Å². The zero-order chi connectivity index (χ0) is 13.0. The lowest BCUT2D eigenvalue weighted by Gasteiger charge is -2.13. The lowest BCUT2D eigenvalue weighted by molar-refractivity contribution is -0.123. The minimum absolute atomic E-state index is 0.0522. The van der Waals surface area contributed by atoms with Crippen molar-refractivity contribution in [3.63, 3.8) is 0 Å². The molecule has 0 aromatic heterocycles. The molecule has 0 saturated carbocycles. The molecule has 1 atom stereocenters. The maximum atomic E-state index is 11.7. The van der Waals surface area contributed by atoms with Crippen LogP contribution in [0.25, 0.3) is 0 Å². The lowest BCUT2D eigenvalue weighted by Crippen LogP contribution is -2.39. The first-order chi connectivity index (χ1) is 8.65. The molecule has 2 N–H and O–H groups in total. The minimum Gasteiger partial charge on any atom is -0.484 e. The lowest BCUT2D eigenvalue weighted by atomic mass is 10.1. The highest BCUT2D eigenvalue weighted by molar-refractivity contribution is 5.78. The van der Waals surface area contributed by atoms with Gasteiger partial charge in [-0.15, -0.1) is 0 Å². The van der Waals surface area contributed by atoms with Gasteiger partial charge in [0.05, 0.1) is 0 Å². The Kier molecular flexibility index (Phi) is 4.20. The molecule has 2 rings (SSSR count). The molecule has 1 fully saturated rings. The number of amides is 1. The molecule has 1 saturated heterocycles. The highest BCUT2D eigenvalue weighted by atomic mass is 16.5. The Morgan fingerprint density at radius 3 is 3.00 bits per heavy atom. The second-order valence-electron chi connectivity index (χ2n) is 4.81. The first-order valence-electron chi connectivity index (χ1n) is 6.35. The molecule has 0 radical (unpaired) electrons. The van der Waals surface area contributed by atoms with Crippen LogP contribution in [-0.2, 0) is 4.79 Å². The molecule has 1 aliphatic heterocycles. The second-order valence-corrected chi connectivity index (χ2v) is 4.81. The Morgan fingerprint density at radius 2 is 2.33 bits per heavy atom. The fourth-order valence-corrected chi connectivity index (χ4v) is 2.15. The van der Waals surface area contributed by atoms with Crippen LogP contribution in [0.1, 0.15) is 17.5 Å². The Labute approximate surface area is 108 Å². The first-order valence-corrected chi connectivity index (χ1v) is 6.35. The molecule has 1 amide bonds. The number of carbonyl (C=O) groups is 1. The van der Waals surface area contributed by atoms with Crippen molar-refractivity contribution in [3.05, 3.63) is 29.3 Å². The van der Waals surface area contributed by atoms with Gasteiger partial charge in [-0.1, -0.05) is 17.7 Å². The summed E-state index contributed by atoms with van der Waals surface area (Å²) >= 11 is 0. The quantitative estimate of drug-likeness (QED) is 0.840. The number of ether oxygens (including phenoxy) is 1. The summed E-state index contributed by atoms with van der Waals surface area (Å²) in [5.41, 5.74) is 2.26. The Hall–Kier alpha value is -1.55. The van der Waals surface area contributed by atoms with E-state index in [-0.39, 0.29) is 18.6 Å². The van der Waals surface area contributed by atoms with Gasteiger partial charge in [0, 0.05) is 12.6 Å². The maximum absolute atomic E-state index is 11.7. The van der Waals surface area contributed by atoms with E-state index in [0.29, 0.717) is 0 Å². The van der Waals surface area contributed by atoms with Gasteiger partial charge in [-0.25, -0.2) is 0 Å². The van der Waals surface area contributed by atoms with Crippen LogP contribution in [0.5, 0.6) is 5.75 Å². The molecule has 4 heteroatoms. The number of nitrogens with one attached hydrogen (secondary N) is 2. The smallest absolute Gasteiger partial charge is 0.258 e. The van der Waals surface area contributed by atoms with Gasteiger partial charge in [0.25, 0.3) is 5.91 Å². The van der Waals surface area contributed by atoms with Crippen molar-refractivity contribution in [1.29, 1.82) is 0 Å². The fraction of sp³-hybridized carbons (Fsp3) is 0.500. The monoisotopic (exact) mass is 248 g/mol. The molecule has 18 heavy (non-hydrogen) atoms. The van der Waals surface area contributed by atoms with Crippen molar-refractivity contribution in [3.8, 4) is 5.75 Å². The Morgan fingerprint density at radius 1 is 1.50 bits per heavy atom. The van der Waals surface area contributed by atoms with Crippen LogP contribution in [0, 0.1) is 13.8 Å². The van der Waals surface area contributed by atoms with Crippen LogP contribution in [0.3, 0.4) is 0 Å². The molecular formula is C14H20N2O2. The molecule has 1 aliphatic rings. The average molecular weight is 248 g/mol. The standard InChI is InChI=1S/C14H20N2O2/c1-10-3-4-13(11(2)7-10)18-9-14(17)16-12-5-6-15-8-12/h3-4,7,12,15H,5-6,8-9H2,1-2H3,(H,16,17). The minimum atomic E-state index is -0.0522. The summed E-state index contributed by atoms with van der Waals surface area (Å²) in [6.07, 6.45) is 0.995. The van der Waals surface area contributed by atoms with Crippen LogP contribution in [0.4, 0.5) is 0 Å². The SMILES string of the molecule is Cc1ccc(OCC(=O)NC2CCNC2)c(C)c1. The molecule has 0 aliphatic carbocycles. The summed E-state index contributed by atoms with van der Waals surface area (Å²) in [5.74, 6) is 0.726. The van der Waals surface area contributed by atoms with Gasteiger partial charge in [-0.2, -0.15) is 0 Å². The van der Waals surface area contributed by atoms with Gasteiger partial charge < -0.3 is 15.4 Å². The van der Waals surface area contributed by atoms with Crippen molar-refractivity contribution in [2.75, 3.05) is 19.7 Å². The maximum Gasteiger partial charge on any atom is 0.258 e. The molecule has 1 aromatic rings. The van der Waals surface area contributed by atoms with Crippen LogP contribution in [0.15, 0.2) is 18.2 Å². The van der Waals surface area contributed by atoms with Gasteiger partial charge in [0.15, 0.2) is 6.61 Å². The van der Waals surface area contributed by atoms with Crippen LogP contribution >= 0.6 is 0 Å². The second kappa shape index (κ2) is 5.87. The number of carbonyl (C=O) groups excluding carboxylic acids is 1. The molecule has 0 bridgehead atoms. The summed E-state index contributed by atoms with van der Waals surface area (Å²) in [4.78, 5) is 11.7. The predicted octanol–water partition coefficient (Wildman–Crippen LogP) is 1.16. The molecule has 4 nitrogen and oxygen atoms in total. The predicted molar refractivity (Wildman–Crippen MR) is 70.8 cm³/mol. The van der Waals surface area contributed by atoms with E-state index in [9.17, 15) is 4.79 Å². The van der Waals surface area contributed by atoms with Crippen LogP contribution in [-0.4, -0.2) is 31.6 Å². The van der Waals surface area contributed by atoms with E-state index in [0.717, 1.165) is 30.8 Å². The van der Waals surface area contributed by atoms with E-state index >= 15 is 0 Å². The molecular weight excluding hydrogens is 228 g/mol. The van der Waals surface area contributed by atoms with E-state index < -0.39 is 0 Å². The van der Waals surface area contributed by atoms with Gasteiger partial charge in [0.1, 0.15) is 5.75 Å². The molecule has 1 heterocycles. The average Bonchev–Trinajstić information content (AvgIpc) is 2.80. The highest BCUT2D eigenvalue weighted by Gasteiger charge is 2.16. The fourth-order valence-electron chi connectivity index (χ4n) is 2.15. The first kappa shape index (κ1) is 12.9.